The molecule has 4 nitrogen and oxygen atoms in total. The van der Waals surface area contributed by atoms with Gasteiger partial charge in [0.2, 0.25) is 10.0 Å². The van der Waals surface area contributed by atoms with Crippen LogP contribution in [0.1, 0.15) is 19.4 Å². The fourth-order valence-electron chi connectivity index (χ4n) is 2.35. The standard InChI is InChI=1S/C17H20Cl2N2O2S/c1-3-21(4-2)15-8-5-13(6-9-15)12-20-24(22,23)17-11-14(18)7-10-16(17)19/h5-11,20H,3-4,12H2,1-2H3. The molecular formula is C17H20Cl2N2O2S. The fraction of sp³-hybridized carbons (Fsp3) is 0.294. The third kappa shape index (κ3) is 4.63. The highest BCUT2D eigenvalue weighted by atomic mass is 35.5. The first kappa shape index (κ1) is 19.1. The predicted octanol–water partition coefficient (Wildman–Crippen LogP) is 4.32. The van der Waals surface area contributed by atoms with Crippen LogP contribution in [0.4, 0.5) is 5.69 Å². The Balaban J connectivity index is 2.11. The van der Waals surface area contributed by atoms with Gasteiger partial charge in [-0.25, -0.2) is 13.1 Å². The van der Waals surface area contributed by atoms with Crippen LogP contribution in [0.5, 0.6) is 0 Å². The van der Waals surface area contributed by atoms with Gasteiger partial charge in [0, 0.05) is 30.3 Å². The van der Waals surface area contributed by atoms with Gasteiger partial charge in [0.25, 0.3) is 0 Å². The van der Waals surface area contributed by atoms with Crippen molar-refractivity contribution >= 4 is 38.9 Å². The maximum Gasteiger partial charge on any atom is 0.242 e. The average Bonchev–Trinajstić information content (AvgIpc) is 2.57. The molecule has 0 bridgehead atoms. The third-order valence-corrected chi connectivity index (χ3v) is 5.83. The Morgan fingerprint density at radius 3 is 2.21 bits per heavy atom. The molecule has 1 N–H and O–H groups in total. The minimum atomic E-state index is -3.72. The molecule has 24 heavy (non-hydrogen) atoms. The van der Waals surface area contributed by atoms with Crippen LogP contribution < -0.4 is 9.62 Å². The minimum Gasteiger partial charge on any atom is -0.372 e. The van der Waals surface area contributed by atoms with Crippen molar-refractivity contribution in [3.8, 4) is 0 Å². The van der Waals surface area contributed by atoms with E-state index in [1.807, 2.05) is 24.3 Å². The summed E-state index contributed by atoms with van der Waals surface area (Å²) in [6.45, 7) is 6.23. The van der Waals surface area contributed by atoms with Crippen molar-refractivity contribution in [2.75, 3.05) is 18.0 Å². The molecule has 0 aliphatic rings. The van der Waals surface area contributed by atoms with E-state index in [0.717, 1.165) is 24.3 Å². The van der Waals surface area contributed by atoms with E-state index in [9.17, 15) is 8.42 Å². The summed E-state index contributed by atoms with van der Waals surface area (Å²) in [4.78, 5) is 2.20. The lowest BCUT2D eigenvalue weighted by Gasteiger charge is -2.21. The zero-order valence-electron chi connectivity index (χ0n) is 13.6. The molecule has 2 rings (SSSR count). The Bertz CT molecular complexity index is 789. The molecule has 0 aliphatic carbocycles. The number of rotatable bonds is 7. The van der Waals surface area contributed by atoms with Crippen LogP contribution >= 0.6 is 23.2 Å². The Morgan fingerprint density at radius 2 is 1.62 bits per heavy atom. The lowest BCUT2D eigenvalue weighted by Crippen LogP contribution is -2.24. The second-order valence-electron chi connectivity index (χ2n) is 5.24. The highest BCUT2D eigenvalue weighted by Crippen LogP contribution is 2.25. The van der Waals surface area contributed by atoms with Gasteiger partial charge in [-0.3, -0.25) is 0 Å². The molecule has 0 saturated carbocycles. The van der Waals surface area contributed by atoms with Crippen molar-refractivity contribution < 1.29 is 8.42 Å². The first-order valence-electron chi connectivity index (χ1n) is 7.66. The van der Waals surface area contributed by atoms with Crippen molar-refractivity contribution in [1.29, 1.82) is 0 Å². The van der Waals surface area contributed by atoms with Crippen molar-refractivity contribution in [1.82, 2.24) is 4.72 Å². The molecule has 0 radical (unpaired) electrons. The number of nitrogens with one attached hydrogen (secondary N) is 1. The Hall–Kier alpha value is -1.27. The molecule has 0 spiro atoms. The predicted molar refractivity (Wildman–Crippen MR) is 100 cm³/mol. The molecule has 0 unspecified atom stereocenters. The number of hydrogen-bond acceptors (Lipinski definition) is 3. The second-order valence-corrected chi connectivity index (χ2v) is 7.82. The van der Waals surface area contributed by atoms with Crippen molar-refractivity contribution in [2.45, 2.75) is 25.3 Å². The zero-order valence-corrected chi connectivity index (χ0v) is 15.9. The van der Waals surface area contributed by atoms with Gasteiger partial charge < -0.3 is 4.90 Å². The number of benzene rings is 2. The maximum absolute atomic E-state index is 12.4. The fourth-order valence-corrected chi connectivity index (χ4v) is 4.13. The van der Waals surface area contributed by atoms with Gasteiger partial charge in [-0.1, -0.05) is 35.3 Å². The smallest absolute Gasteiger partial charge is 0.242 e. The van der Waals surface area contributed by atoms with E-state index in [1.54, 1.807) is 6.07 Å². The number of anilines is 1. The zero-order chi connectivity index (χ0) is 17.7. The van der Waals surface area contributed by atoms with Gasteiger partial charge in [0.1, 0.15) is 4.90 Å². The molecule has 130 valence electrons. The number of sulfonamides is 1. The maximum atomic E-state index is 12.4. The summed E-state index contributed by atoms with van der Waals surface area (Å²) in [6, 6.07) is 12.2. The van der Waals surface area contributed by atoms with Crippen LogP contribution in [-0.2, 0) is 16.6 Å². The second kappa shape index (κ2) is 8.21. The summed E-state index contributed by atoms with van der Waals surface area (Å²) in [5.41, 5.74) is 1.98. The molecule has 0 amide bonds. The lowest BCUT2D eigenvalue weighted by atomic mass is 10.2. The van der Waals surface area contributed by atoms with Crippen molar-refractivity contribution in [3.63, 3.8) is 0 Å². The molecular weight excluding hydrogens is 367 g/mol. The molecule has 0 fully saturated rings. The Kier molecular flexibility index (Phi) is 6.52. The summed E-state index contributed by atoms with van der Waals surface area (Å²) in [5.74, 6) is 0. The van der Waals surface area contributed by atoms with E-state index in [1.165, 1.54) is 12.1 Å². The normalized spacial score (nSPS) is 11.5. The summed E-state index contributed by atoms with van der Waals surface area (Å²) in [5, 5.41) is 0.465. The number of hydrogen-bond donors (Lipinski definition) is 1. The van der Waals surface area contributed by atoms with Crippen molar-refractivity contribution in [2.24, 2.45) is 0 Å². The van der Waals surface area contributed by atoms with E-state index in [0.29, 0.717) is 5.02 Å². The topological polar surface area (TPSA) is 49.4 Å². The van der Waals surface area contributed by atoms with Crippen LogP contribution in [0.25, 0.3) is 0 Å². The molecule has 0 atom stereocenters. The molecule has 0 aromatic heterocycles. The van der Waals surface area contributed by atoms with E-state index in [-0.39, 0.29) is 16.5 Å². The largest absolute Gasteiger partial charge is 0.372 e. The van der Waals surface area contributed by atoms with Gasteiger partial charge in [0.15, 0.2) is 0 Å². The molecule has 2 aromatic rings. The lowest BCUT2D eigenvalue weighted by molar-refractivity contribution is 0.581. The highest BCUT2D eigenvalue weighted by Gasteiger charge is 2.18. The van der Waals surface area contributed by atoms with Crippen molar-refractivity contribution in [3.05, 3.63) is 58.1 Å². The van der Waals surface area contributed by atoms with E-state index in [2.05, 4.69) is 23.5 Å². The first-order chi connectivity index (χ1) is 11.4. The molecule has 0 aliphatic heterocycles. The van der Waals surface area contributed by atoms with Gasteiger partial charge >= 0.3 is 0 Å². The summed E-state index contributed by atoms with van der Waals surface area (Å²) in [6.07, 6.45) is 0. The van der Waals surface area contributed by atoms with Crippen LogP contribution in [0.3, 0.4) is 0 Å². The number of halogens is 2. The Labute approximate surface area is 153 Å². The third-order valence-electron chi connectivity index (χ3n) is 3.71. The Morgan fingerprint density at radius 1 is 1.00 bits per heavy atom. The average molecular weight is 387 g/mol. The van der Waals surface area contributed by atoms with Crippen LogP contribution in [-0.4, -0.2) is 21.5 Å². The molecule has 7 heteroatoms. The van der Waals surface area contributed by atoms with Gasteiger partial charge in [-0.2, -0.15) is 0 Å². The van der Waals surface area contributed by atoms with Crippen LogP contribution in [0, 0.1) is 0 Å². The van der Waals surface area contributed by atoms with Crippen LogP contribution in [0.15, 0.2) is 47.4 Å². The number of nitrogens with zero attached hydrogens (tertiary/aromatic N) is 1. The SMILES string of the molecule is CCN(CC)c1ccc(CNS(=O)(=O)c2cc(Cl)ccc2Cl)cc1. The quantitative estimate of drug-likeness (QED) is 0.770. The van der Waals surface area contributed by atoms with Gasteiger partial charge in [-0.05, 0) is 49.7 Å². The summed E-state index contributed by atoms with van der Waals surface area (Å²) in [7, 11) is -3.72. The summed E-state index contributed by atoms with van der Waals surface area (Å²) < 4.78 is 27.3. The van der Waals surface area contributed by atoms with Gasteiger partial charge in [-0.15, -0.1) is 0 Å². The van der Waals surface area contributed by atoms with Crippen LogP contribution in [0.2, 0.25) is 10.0 Å². The van der Waals surface area contributed by atoms with E-state index in [4.69, 9.17) is 23.2 Å². The summed E-state index contributed by atoms with van der Waals surface area (Å²) >= 11 is 11.8. The molecule has 0 heterocycles. The highest BCUT2D eigenvalue weighted by molar-refractivity contribution is 7.89. The van der Waals surface area contributed by atoms with E-state index < -0.39 is 10.0 Å². The first-order valence-corrected chi connectivity index (χ1v) is 9.90. The van der Waals surface area contributed by atoms with Gasteiger partial charge in [0.05, 0.1) is 5.02 Å². The molecule has 2 aromatic carbocycles. The monoisotopic (exact) mass is 386 g/mol. The van der Waals surface area contributed by atoms with E-state index >= 15 is 0 Å². The molecule has 0 saturated heterocycles. The minimum absolute atomic E-state index is 0.0172.